The van der Waals surface area contributed by atoms with E-state index >= 15 is 0 Å². The van der Waals surface area contributed by atoms with E-state index in [2.05, 4.69) is 12.2 Å². The second kappa shape index (κ2) is 5.45. The van der Waals surface area contributed by atoms with E-state index in [4.69, 9.17) is 0 Å². The fraction of sp³-hybridized carbons (Fsp3) is 0.826. The lowest BCUT2D eigenvalue weighted by molar-refractivity contribution is -0.186. The molecule has 0 spiro atoms. The van der Waals surface area contributed by atoms with Crippen LogP contribution in [0.3, 0.4) is 0 Å². The van der Waals surface area contributed by atoms with Crippen molar-refractivity contribution in [1.29, 1.82) is 0 Å². The Bertz CT molecular complexity index is 628. The monoisotopic (exact) mass is 353 g/mol. The number of nitrogens with zero attached hydrogens (tertiary/aromatic N) is 1. The molecule has 10 unspecified atom stereocenters. The summed E-state index contributed by atoms with van der Waals surface area (Å²) < 4.78 is 0. The Balaban J connectivity index is 1.45. The summed E-state index contributed by atoms with van der Waals surface area (Å²) in [5.74, 6) is 6.01. The van der Waals surface area contributed by atoms with Crippen LogP contribution in [-0.2, 0) is 9.59 Å². The first-order chi connectivity index (χ1) is 12.7. The van der Waals surface area contributed by atoms with Gasteiger partial charge in [-0.15, -0.1) is 0 Å². The molecule has 1 aliphatic heterocycles. The highest BCUT2D eigenvalue weighted by atomic mass is 16.2. The minimum Gasteiger partial charge on any atom is -0.285 e. The van der Waals surface area contributed by atoms with Crippen molar-refractivity contribution in [3.63, 3.8) is 0 Å². The zero-order valence-corrected chi connectivity index (χ0v) is 15.8. The van der Waals surface area contributed by atoms with Gasteiger partial charge in [0.15, 0.2) is 0 Å². The summed E-state index contributed by atoms with van der Waals surface area (Å²) in [5.41, 5.74) is 0. The molecule has 6 aliphatic carbocycles. The molecular formula is C23H31NO2. The molecule has 0 aromatic heterocycles. The standard InChI is InChI=1S/C23H31NO2/c1-24-22(25)20-18-14-8-4-5-9-15(14)19(21(20)23(24)26)17-11-13-7-3-2-6-12(13)10-16(17)18/h2-3,12-21H,4-11H2,1H3. The SMILES string of the molecule is CN1C(=O)C2C(C1=O)C1C3CCCCC3C2C2CC3CC=CCC3CC21. The predicted molar refractivity (Wildman–Crippen MR) is 98.8 cm³/mol. The first-order valence-electron chi connectivity index (χ1n) is 11.1. The predicted octanol–water partition coefficient (Wildman–Crippen LogP) is 3.89. The first kappa shape index (κ1) is 15.9. The van der Waals surface area contributed by atoms with Crippen LogP contribution in [0.1, 0.15) is 51.4 Å². The second-order valence-corrected chi connectivity index (χ2v) is 10.3. The molecule has 6 fully saturated rings. The van der Waals surface area contributed by atoms with E-state index in [-0.39, 0.29) is 23.7 Å². The third-order valence-corrected chi connectivity index (χ3v) is 9.71. The first-order valence-corrected chi connectivity index (χ1v) is 11.1. The van der Waals surface area contributed by atoms with Crippen LogP contribution in [0, 0.1) is 59.2 Å². The number of imide groups is 1. The molecule has 0 aromatic rings. The van der Waals surface area contributed by atoms with Crippen molar-refractivity contribution in [1.82, 2.24) is 4.90 Å². The molecule has 3 heteroatoms. The second-order valence-electron chi connectivity index (χ2n) is 10.3. The Morgan fingerprint density at radius 3 is 1.69 bits per heavy atom. The summed E-state index contributed by atoms with van der Waals surface area (Å²) in [6.45, 7) is 0. The average molecular weight is 354 g/mol. The molecule has 7 aliphatic rings. The maximum atomic E-state index is 13.1. The molecule has 10 atom stereocenters. The van der Waals surface area contributed by atoms with Gasteiger partial charge in [-0.1, -0.05) is 25.0 Å². The van der Waals surface area contributed by atoms with Crippen LogP contribution in [0.25, 0.3) is 0 Å². The summed E-state index contributed by atoms with van der Waals surface area (Å²) in [5, 5.41) is 0. The minimum atomic E-state index is 0.0359. The number of fused-ring (bicyclic) bond motifs is 1. The number of carbonyl (C=O) groups is 2. The van der Waals surface area contributed by atoms with Crippen LogP contribution in [0.5, 0.6) is 0 Å². The third-order valence-electron chi connectivity index (χ3n) is 9.71. The molecule has 1 heterocycles. The van der Waals surface area contributed by atoms with Gasteiger partial charge in [-0.25, -0.2) is 0 Å². The zero-order valence-electron chi connectivity index (χ0n) is 15.8. The van der Waals surface area contributed by atoms with Gasteiger partial charge in [0, 0.05) is 7.05 Å². The van der Waals surface area contributed by atoms with E-state index in [1.807, 2.05) is 0 Å². The van der Waals surface area contributed by atoms with Crippen LogP contribution < -0.4 is 0 Å². The van der Waals surface area contributed by atoms with Gasteiger partial charge >= 0.3 is 0 Å². The van der Waals surface area contributed by atoms with Crippen LogP contribution in [-0.4, -0.2) is 23.8 Å². The summed E-state index contributed by atoms with van der Waals surface area (Å²) in [7, 11) is 1.75. The van der Waals surface area contributed by atoms with Crippen LogP contribution in [0.2, 0.25) is 0 Å². The Labute approximate surface area is 156 Å². The van der Waals surface area contributed by atoms with Gasteiger partial charge in [-0.2, -0.15) is 0 Å². The highest BCUT2D eigenvalue weighted by molar-refractivity contribution is 6.05. The molecule has 7 rings (SSSR count). The largest absolute Gasteiger partial charge is 0.285 e. The van der Waals surface area contributed by atoms with Crippen molar-refractivity contribution in [2.75, 3.05) is 7.05 Å². The van der Waals surface area contributed by atoms with E-state index in [1.54, 1.807) is 7.05 Å². The molecule has 1 saturated heterocycles. The number of allylic oxidation sites excluding steroid dienone is 2. The molecule has 3 nitrogen and oxygen atoms in total. The highest BCUT2D eigenvalue weighted by Gasteiger charge is 2.69. The maximum Gasteiger partial charge on any atom is 0.233 e. The maximum absolute atomic E-state index is 13.1. The van der Waals surface area contributed by atoms with E-state index in [0.29, 0.717) is 11.8 Å². The lowest BCUT2D eigenvalue weighted by Crippen LogP contribution is -2.62. The van der Waals surface area contributed by atoms with Gasteiger partial charge in [0.2, 0.25) is 11.8 Å². The van der Waals surface area contributed by atoms with Crippen LogP contribution in [0.4, 0.5) is 0 Å². The molecule has 0 aromatic carbocycles. The molecule has 26 heavy (non-hydrogen) atoms. The number of likely N-dealkylation sites (tertiary alicyclic amines) is 1. The Morgan fingerprint density at radius 1 is 0.769 bits per heavy atom. The number of amides is 2. The Hall–Kier alpha value is -1.12. The smallest absolute Gasteiger partial charge is 0.233 e. The average Bonchev–Trinajstić information content (AvgIpc) is 2.91. The minimum absolute atomic E-state index is 0.0359. The van der Waals surface area contributed by atoms with Crippen LogP contribution in [0.15, 0.2) is 12.2 Å². The lowest BCUT2D eigenvalue weighted by atomic mass is 9.38. The van der Waals surface area contributed by atoms with Crippen molar-refractivity contribution in [2.24, 2.45) is 59.2 Å². The van der Waals surface area contributed by atoms with E-state index in [9.17, 15) is 9.59 Å². The summed E-state index contributed by atoms with van der Waals surface area (Å²) in [4.78, 5) is 27.6. The van der Waals surface area contributed by atoms with E-state index < -0.39 is 0 Å². The number of rotatable bonds is 0. The molecule has 0 radical (unpaired) electrons. The zero-order chi connectivity index (χ0) is 17.6. The van der Waals surface area contributed by atoms with Gasteiger partial charge in [-0.3, -0.25) is 14.5 Å². The molecule has 140 valence electrons. The third kappa shape index (κ3) is 1.85. The van der Waals surface area contributed by atoms with Crippen molar-refractivity contribution in [3.8, 4) is 0 Å². The topological polar surface area (TPSA) is 37.4 Å². The molecule has 5 saturated carbocycles. The van der Waals surface area contributed by atoms with Crippen molar-refractivity contribution in [3.05, 3.63) is 12.2 Å². The van der Waals surface area contributed by atoms with Crippen molar-refractivity contribution < 1.29 is 9.59 Å². The fourth-order valence-corrected chi connectivity index (χ4v) is 8.95. The Morgan fingerprint density at radius 2 is 1.23 bits per heavy atom. The molecule has 2 amide bonds. The van der Waals surface area contributed by atoms with Crippen LogP contribution >= 0.6 is 0 Å². The summed E-state index contributed by atoms with van der Waals surface area (Å²) in [6, 6.07) is 0. The van der Waals surface area contributed by atoms with E-state index in [1.165, 1.54) is 56.3 Å². The number of carbonyl (C=O) groups excluding carboxylic acids is 2. The van der Waals surface area contributed by atoms with Crippen molar-refractivity contribution >= 4 is 11.8 Å². The quantitative estimate of drug-likeness (QED) is 0.489. The van der Waals surface area contributed by atoms with Gasteiger partial charge in [-0.05, 0) is 85.9 Å². The van der Waals surface area contributed by atoms with Gasteiger partial charge in [0.25, 0.3) is 0 Å². The molecule has 2 bridgehead atoms. The van der Waals surface area contributed by atoms with E-state index in [0.717, 1.165) is 35.5 Å². The Kier molecular flexibility index (Phi) is 3.33. The summed E-state index contributed by atoms with van der Waals surface area (Å²) in [6.07, 6.45) is 15.3. The normalized spacial score (nSPS) is 54.6. The number of hydrogen-bond donors (Lipinski definition) is 0. The summed E-state index contributed by atoms with van der Waals surface area (Å²) >= 11 is 0. The fourth-order valence-electron chi connectivity index (χ4n) is 8.95. The van der Waals surface area contributed by atoms with Crippen molar-refractivity contribution in [2.45, 2.75) is 51.4 Å². The molecular weight excluding hydrogens is 322 g/mol. The molecule has 0 N–H and O–H groups in total. The lowest BCUT2D eigenvalue weighted by Gasteiger charge is -2.65. The number of hydrogen-bond acceptors (Lipinski definition) is 2. The van der Waals surface area contributed by atoms with Gasteiger partial charge in [0.1, 0.15) is 0 Å². The van der Waals surface area contributed by atoms with Gasteiger partial charge < -0.3 is 0 Å². The van der Waals surface area contributed by atoms with Gasteiger partial charge in [0.05, 0.1) is 11.8 Å². The highest BCUT2D eigenvalue weighted by Crippen LogP contribution is 2.69.